The number of hydrogen-bond acceptors (Lipinski definition) is 9. The van der Waals surface area contributed by atoms with Crippen molar-refractivity contribution in [3.05, 3.63) is 58.7 Å². The van der Waals surface area contributed by atoms with Gasteiger partial charge in [0.05, 0.1) is 24.5 Å². The summed E-state index contributed by atoms with van der Waals surface area (Å²) >= 11 is 0. The highest BCUT2D eigenvalue weighted by Gasteiger charge is 2.60. The Bertz CT molecular complexity index is 1340. The minimum absolute atomic E-state index is 0.0340. The number of rotatable bonds is 3. The molecule has 2 bridgehead atoms. The molecule has 5 aliphatic rings. The molecule has 0 aromatic carbocycles. The Morgan fingerprint density at radius 2 is 1.96 bits per heavy atom. The van der Waals surface area contributed by atoms with E-state index in [1.54, 1.807) is 20.1 Å². The fourth-order valence-electron chi connectivity index (χ4n) is 7.94. The highest BCUT2D eigenvalue weighted by Crippen LogP contribution is 2.47. The number of aliphatic hydroxyl groups is 2. The summed E-state index contributed by atoms with van der Waals surface area (Å²) in [5.74, 6) is -2.15. The van der Waals surface area contributed by atoms with Gasteiger partial charge in [0.1, 0.15) is 36.9 Å². The Hall–Kier alpha value is -2.56. The van der Waals surface area contributed by atoms with Crippen LogP contribution in [-0.2, 0) is 28.6 Å². The molecule has 4 heterocycles. The SMILES string of the molecule is CON=C1CC2(C[C@@H]3C[C@@H](CC=C(C)C[C@@H](C)C=CC=C4CO[C@@H]5[C@H](O)C(C)=C[C@@H](C(=O)O3)[C@]45O)O2)O[C@H](C(C)=CC(C)C)[C@H]1C. The molecule has 0 aromatic rings. The summed E-state index contributed by atoms with van der Waals surface area (Å²) in [6, 6.07) is 0. The standard InChI is InChI=1S/C37H53NO8/c1-21(2)14-25(6)33-26(7)31(38-42-8)19-36(46-33)18-29-17-28(45-36)13-12-23(4)15-22(3)10-9-11-27-20-43-34-32(39)24(5)16-30(35(40)44-29)37(27,34)41/h9-12,14,16,21-22,26,28-30,32-34,39,41H,13,15,17-20H2,1-8H3/t22-,26-,28+,29-,30-,32+,33+,34+,36?,37+/m0/s1. The van der Waals surface area contributed by atoms with Gasteiger partial charge in [-0.3, -0.25) is 4.79 Å². The highest BCUT2D eigenvalue weighted by atomic mass is 16.7. The Morgan fingerprint density at radius 1 is 1.20 bits per heavy atom. The monoisotopic (exact) mass is 639 g/mol. The molecule has 1 spiro atoms. The molecule has 5 rings (SSSR count). The van der Waals surface area contributed by atoms with Crippen molar-refractivity contribution in [1.29, 1.82) is 0 Å². The smallest absolute Gasteiger partial charge is 0.316 e. The molecule has 9 heteroatoms. The third kappa shape index (κ3) is 6.99. The van der Waals surface area contributed by atoms with Crippen LogP contribution in [-0.4, -0.2) is 77.5 Å². The lowest BCUT2D eigenvalue weighted by Gasteiger charge is -2.50. The molecule has 10 atom stereocenters. The van der Waals surface area contributed by atoms with Crippen molar-refractivity contribution in [1.82, 2.24) is 0 Å². The molecule has 0 saturated carbocycles. The van der Waals surface area contributed by atoms with E-state index in [0.29, 0.717) is 42.7 Å². The second-order valence-electron chi connectivity index (χ2n) is 14.5. The highest BCUT2D eigenvalue weighted by molar-refractivity contribution is 5.88. The summed E-state index contributed by atoms with van der Waals surface area (Å²) in [5.41, 5.74) is 2.54. The van der Waals surface area contributed by atoms with Crippen LogP contribution in [0.5, 0.6) is 0 Å². The van der Waals surface area contributed by atoms with E-state index in [-0.39, 0.29) is 30.7 Å². The van der Waals surface area contributed by atoms with Gasteiger partial charge >= 0.3 is 5.97 Å². The molecule has 9 nitrogen and oxygen atoms in total. The maximum absolute atomic E-state index is 14.2. The van der Waals surface area contributed by atoms with E-state index in [2.05, 4.69) is 64.9 Å². The number of hydrogen-bond donors (Lipinski definition) is 2. The van der Waals surface area contributed by atoms with E-state index < -0.39 is 41.6 Å². The molecule has 3 saturated heterocycles. The van der Waals surface area contributed by atoms with Crippen LogP contribution in [0.3, 0.4) is 0 Å². The largest absolute Gasteiger partial charge is 0.462 e. The zero-order valence-corrected chi connectivity index (χ0v) is 28.7. The lowest BCUT2D eigenvalue weighted by atomic mass is 9.71. The second-order valence-corrected chi connectivity index (χ2v) is 14.5. The normalized spacial score (nSPS) is 41.5. The van der Waals surface area contributed by atoms with E-state index >= 15 is 0 Å². The summed E-state index contributed by atoms with van der Waals surface area (Å²) in [4.78, 5) is 19.4. The summed E-state index contributed by atoms with van der Waals surface area (Å²) in [6.45, 7) is 14.6. The summed E-state index contributed by atoms with van der Waals surface area (Å²) < 4.78 is 26.0. The first-order chi connectivity index (χ1) is 21.8. The van der Waals surface area contributed by atoms with Gasteiger partial charge in [-0.25, -0.2) is 0 Å². The molecule has 46 heavy (non-hydrogen) atoms. The van der Waals surface area contributed by atoms with Gasteiger partial charge in [0.15, 0.2) is 5.79 Å². The molecule has 0 radical (unpaired) electrons. The Balaban J connectivity index is 1.55. The molecule has 1 unspecified atom stereocenters. The number of oxime groups is 1. The number of nitrogens with zero attached hydrogens (tertiary/aromatic N) is 1. The summed E-state index contributed by atoms with van der Waals surface area (Å²) in [7, 11) is 1.55. The predicted octanol–water partition coefficient (Wildman–Crippen LogP) is 5.73. The van der Waals surface area contributed by atoms with Crippen LogP contribution in [0.4, 0.5) is 0 Å². The minimum atomic E-state index is -1.74. The molecule has 4 aliphatic heterocycles. The lowest BCUT2D eigenvalue weighted by molar-refractivity contribution is -0.313. The van der Waals surface area contributed by atoms with Crippen LogP contribution in [0.15, 0.2) is 63.9 Å². The number of esters is 1. The van der Waals surface area contributed by atoms with Crippen LogP contribution < -0.4 is 0 Å². The Morgan fingerprint density at radius 3 is 2.67 bits per heavy atom. The van der Waals surface area contributed by atoms with Gasteiger partial charge < -0.3 is 34.0 Å². The average Bonchev–Trinajstić information content (AvgIpc) is 3.31. The minimum Gasteiger partial charge on any atom is -0.462 e. The van der Waals surface area contributed by atoms with Gasteiger partial charge in [0.25, 0.3) is 0 Å². The fourth-order valence-corrected chi connectivity index (χ4v) is 7.94. The number of fused-ring (bicyclic) bond motifs is 2. The van der Waals surface area contributed by atoms with Gasteiger partial charge in [0, 0.05) is 25.2 Å². The molecule has 0 aromatic heterocycles. The molecular formula is C37H53NO8. The average molecular weight is 640 g/mol. The van der Waals surface area contributed by atoms with Crippen LogP contribution in [0.1, 0.15) is 80.6 Å². The Labute approximate surface area is 274 Å². The van der Waals surface area contributed by atoms with Crippen LogP contribution in [0.25, 0.3) is 0 Å². The molecule has 254 valence electrons. The lowest BCUT2D eigenvalue weighted by Crippen LogP contribution is -2.59. The van der Waals surface area contributed by atoms with Crippen LogP contribution in [0, 0.1) is 23.7 Å². The van der Waals surface area contributed by atoms with Gasteiger partial charge in [0.2, 0.25) is 0 Å². The van der Waals surface area contributed by atoms with Crippen molar-refractivity contribution in [2.24, 2.45) is 28.8 Å². The number of carbonyl (C=O) groups excluding carboxylic acids is 1. The van der Waals surface area contributed by atoms with Crippen LogP contribution in [0.2, 0.25) is 0 Å². The zero-order chi connectivity index (χ0) is 33.4. The quantitative estimate of drug-likeness (QED) is 0.229. The number of ether oxygens (including phenoxy) is 4. The summed E-state index contributed by atoms with van der Waals surface area (Å²) in [5, 5.41) is 27.6. The maximum atomic E-state index is 14.2. The zero-order valence-electron chi connectivity index (χ0n) is 28.7. The van der Waals surface area contributed by atoms with Crippen molar-refractivity contribution in [2.45, 2.75) is 122 Å². The molecule has 0 amide bonds. The number of allylic oxidation sites excluding steroid dienone is 5. The van der Waals surface area contributed by atoms with Crippen molar-refractivity contribution >= 4 is 11.7 Å². The van der Waals surface area contributed by atoms with Crippen molar-refractivity contribution in [2.75, 3.05) is 13.7 Å². The third-order valence-electron chi connectivity index (χ3n) is 10.1. The fraction of sp³-hybridized carbons (Fsp3) is 0.676. The van der Waals surface area contributed by atoms with Gasteiger partial charge in [-0.1, -0.05) is 74.9 Å². The van der Waals surface area contributed by atoms with Crippen molar-refractivity contribution in [3.8, 4) is 0 Å². The number of aliphatic hydroxyl groups excluding tert-OH is 1. The Kier molecular flexibility index (Phi) is 10.5. The molecule has 1 aliphatic carbocycles. The van der Waals surface area contributed by atoms with Crippen LogP contribution >= 0.6 is 0 Å². The first-order valence-corrected chi connectivity index (χ1v) is 16.8. The van der Waals surface area contributed by atoms with E-state index in [1.807, 2.05) is 12.2 Å². The summed E-state index contributed by atoms with van der Waals surface area (Å²) in [6.07, 6.45) is 11.4. The second kappa shape index (κ2) is 13.9. The third-order valence-corrected chi connectivity index (χ3v) is 10.1. The van der Waals surface area contributed by atoms with Gasteiger partial charge in [-0.15, -0.1) is 0 Å². The van der Waals surface area contributed by atoms with E-state index in [0.717, 1.165) is 17.7 Å². The van der Waals surface area contributed by atoms with E-state index in [9.17, 15) is 15.0 Å². The predicted molar refractivity (Wildman–Crippen MR) is 176 cm³/mol. The van der Waals surface area contributed by atoms with Gasteiger partial charge in [-0.05, 0) is 62.2 Å². The van der Waals surface area contributed by atoms with Crippen molar-refractivity contribution < 1.29 is 38.8 Å². The van der Waals surface area contributed by atoms with Gasteiger partial charge in [-0.2, -0.15) is 0 Å². The number of carbonyl (C=O) groups is 1. The first kappa shape index (κ1) is 34.8. The molecule has 2 N–H and O–H groups in total. The molecule has 3 fully saturated rings. The topological polar surface area (TPSA) is 116 Å². The molecular weight excluding hydrogens is 586 g/mol. The first-order valence-electron chi connectivity index (χ1n) is 16.8. The van der Waals surface area contributed by atoms with E-state index in [4.69, 9.17) is 23.8 Å². The maximum Gasteiger partial charge on any atom is 0.316 e. The van der Waals surface area contributed by atoms with E-state index in [1.165, 1.54) is 5.57 Å². The van der Waals surface area contributed by atoms with Crippen molar-refractivity contribution in [3.63, 3.8) is 0 Å².